The molecule has 2 rings (SSSR count). The Kier molecular flexibility index (Phi) is 5.76. The number of rotatable bonds is 5. The predicted octanol–water partition coefficient (Wildman–Crippen LogP) is 3.27. The Morgan fingerprint density at radius 1 is 1.21 bits per heavy atom. The van der Waals surface area contributed by atoms with Crippen molar-refractivity contribution in [2.75, 3.05) is 0 Å². The molecule has 6 atom stereocenters. The second kappa shape index (κ2) is 6.86. The van der Waals surface area contributed by atoms with Gasteiger partial charge in [-0.1, -0.05) is 20.8 Å². The summed E-state index contributed by atoms with van der Waals surface area (Å²) in [7, 11) is 0. The van der Waals surface area contributed by atoms with Gasteiger partial charge in [-0.25, -0.2) is 0 Å². The molecule has 0 amide bonds. The van der Waals surface area contributed by atoms with Crippen molar-refractivity contribution >= 4 is 0 Å². The molecule has 2 aliphatic rings. The summed E-state index contributed by atoms with van der Waals surface area (Å²) in [5, 5.41) is 32.3. The molecule has 0 spiro atoms. The SMILES string of the molecule is CC(C)[C@H]1CC[C@H](C)[C@@](O)(C[C@@H](O)[C@@]2(C)CC[C@@H](C(C)(C)O)O2)C1. The Morgan fingerprint density at radius 3 is 2.33 bits per heavy atom. The number of hydrogen-bond acceptors (Lipinski definition) is 4. The van der Waals surface area contributed by atoms with Crippen LogP contribution >= 0.6 is 0 Å². The first-order chi connectivity index (χ1) is 10.9. The number of aliphatic hydroxyl groups excluding tert-OH is 1. The van der Waals surface area contributed by atoms with E-state index < -0.39 is 22.9 Å². The molecular formula is C20H38O4. The van der Waals surface area contributed by atoms with Crippen LogP contribution in [0.25, 0.3) is 0 Å². The van der Waals surface area contributed by atoms with Crippen LogP contribution in [0, 0.1) is 17.8 Å². The smallest absolute Gasteiger partial charge is 0.0919 e. The third-order valence-corrected chi connectivity index (χ3v) is 6.80. The standard InChI is InChI=1S/C20H38O4/c1-13(2)15-8-7-14(3)20(23,11-15)12-16(21)19(6)10-9-17(24-19)18(4,5)22/h13-17,21-23H,7-12H2,1-6H3/t14-,15-,16+,17-,19+,20-/m0/s1. The van der Waals surface area contributed by atoms with Crippen molar-refractivity contribution < 1.29 is 20.1 Å². The quantitative estimate of drug-likeness (QED) is 0.717. The normalized spacial score (nSPS) is 42.5. The molecule has 4 heteroatoms. The van der Waals surface area contributed by atoms with Crippen molar-refractivity contribution in [3.05, 3.63) is 0 Å². The lowest BCUT2D eigenvalue weighted by Gasteiger charge is -2.46. The molecule has 24 heavy (non-hydrogen) atoms. The van der Waals surface area contributed by atoms with Gasteiger partial charge < -0.3 is 20.1 Å². The molecule has 0 radical (unpaired) electrons. The van der Waals surface area contributed by atoms with Crippen LogP contribution < -0.4 is 0 Å². The van der Waals surface area contributed by atoms with E-state index in [1.165, 1.54) is 0 Å². The van der Waals surface area contributed by atoms with Crippen LogP contribution in [0.3, 0.4) is 0 Å². The average Bonchev–Trinajstić information content (AvgIpc) is 2.86. The minimum absolute atomic E-state index is 0.192. The first kappa shape index (κ1) is 20.2. The van der Waals surface area contributed by atoms with Crippen LogP contribution in [0.1, 0.15) is 80.1 Å². The maximum Gasteiger partial charge on any atom is 0.0919 e. The lowest BCUT2D eigenvalue weighted by atomic mass is 9.65. The lowest BCUT2D eigenvalue weighted by Crippen LogP contribution is -2.51. The van der Waals surface area contributed by atoms with Crippen molar-refractivity contribution in [2.45, 2.75) is 109 Å². The fourth-order valence-corrected chi connectivity index (χ4v) is 4.50. The summed E-state index contributed by atoms with van der Waals surface area (Å²) in [6.07, 6.45) is 3.74. The molecule has 1 aliphatic carbocycles. The molecule has 0 aromatic heterocycles. The largest absolute Gasteiger partial charge is 0.390 e. The van der Waals surface area contributed by atoms with Crippen LogP contribution in [0.2, 0.25) is 0 Å². The van der Waals surface area contributed by atoms with Crippen LogP contribution in [-0.4, -0.2) is 44.3 Å². The van der Waals surface area contributed by atoms with Gasteiger partial charge in [0.05, 0.1) is 29.0 Å². The highest BCUT2D eigenvalue weighted by Crippen LogP contribution is 2.45. The molecule has 0 aromatic rings. The van der Waals surface area contributed by atoms with Crippen molar-refractivity contribution in [2.24, 2.45) is 17.8 Å². The van der Waals surface area contributed by atoms with Crippen molar-refractivity contribution in [1.82, 2.24) is 0 Å². The zero-order valence-electron chi connectivity index (χ0n) is 16.4. The van der Waals surface area contributed by atoms with E-state index in [4.69, 9.17) is 4.74 Å². The molecule has 0 unspecified atom stereocenters. The second-order valence-corrected chi connectivity index (χ2v) is 9.62. The highest BCUT2D eigenvalue weighted by atomic mass is 16.5. The fraction of sp³-hybridized carbons (Fsp3) is 1.00. The van der Waals surface area contributed by atoms with Gasteiger partial charge in [0.15, 0.2) is 0 Å². The van der Waals surface area contributed by atoms with E-state index in [2.05, 4.69) is 20.8 Å². The molecule has 0 aromatic carbocycles. The number of hydrogen-bond donors (Lipinski definition) is 3. The van der Waals surface area contributed by atoms with Gasteiger partial charge >= 0.3 is 0 Å². The Morgan fingerprint density at radius 2 is 1.83 bits per heavy atom. The van der Waals surface area contributed by atoms with Crippen molar-refractivity contribution in [3.8, 4) is 0 Å². The van der Waals surface area contributed by atoms with Crippen molar-refractivity contribution in [1.29, 1.82) is 0 Å². The van der Waals surface area contributed by atoms with Gasteiger partial charge in [0.1, 0.15) is 0 Å². The third kappa shape index (κ3) is 4.14. The summed E-state index contributed by atoms with van der Waals surface area (Å²) in [6.45, 7) is 11.9. The zero-order valence-corrected chi connectivity index (χ0v) is 16.4. The molecule has 1 heterocycles. The van der Waals surface area contributed by atoms with Crippen LogP contribution in [-0.2, 0) is 4.74 Å². The van der Waals surface area contributed by atoms with Crippen LogP contribution in [0.4, 0.5) is 0 Å². The van der Waals surface area contributed by atoms with E-state index in [-0.39, 0.29) is 12.0 Å². The van der Waals surface area contributed by atoms with Gasteiger partial charge in [0, 0.05) is 6.42 Å². The Bertz CT molecular complexity index is 430. The van der Waals surface area contributed by atoms with E-state index in [0.717, 1.165) is 25.7 Å². The minimum Gasteiger partial charge on any atom is -0.390 e. The molecule has 2 fully saturated rings. The second-order valence-electron chi connectivity index (χ2n) is 9.62. The zero-order chi connectivity index (χ0) is 18.3. The Labute approximate surface area is 147 Å². The third-order valence-electron chi connectivity index (χ3n) is 6.80. The maximum absolute atomic E-state index is 11.3. The minimum atomic E-state index is -0.907. The van der Waals surface area contributed by atoms with E-state index in [1.54, 1.807) is 13.8 Å². The van der Waals surface area contributed by atoms with Crippen LogP contribution in [0.5, 0.6) is 0 Å². The molecule has 0 bridgehead atoms. The molecular weight excluding hydrogens is 304 g/mol. The van der Waals surface area contributed by atoms with Crippen LogP contribution in [0.15, 0.2) is 0 Å². The molecule has 142 valence electrons. The topological polar surface area (TPSA) is 69.9 Å². The fourth-order valence-electron chi connectivity index (χ4n) is 4.50. The average molecular weight is 343 g/mol. The Hall–Kier alpha value is -0.160. The molecule has 3 N–H and O–H groups in total. The van der Waals surface area contributed by atoms with Gasteiger partial charge in [0.2, 0.25) is 0 Å². The number of ether oxygens (including phenoxy) is 1. The van der Waals surface area contributed by atoms with E-state index in [0.29, 0.717) is 24.7 Å². The Balaban J connectivity index is 2.06. The first-order valence-corrected chi connectivity index (χ1v) is 9.68. The summed E-state index contributed by atoms with van der Waals surface area (Å²) >= 11 is 0. The lowest BCUT2D eigenvalue weighted by molar-refractivity contribution is -0.175. The van der Waals surface area contributed by atoms with E-state index in [1.807, 2.05) is 6.92 Å². The summed E-state index contributed by atoms with van der Waals surface area (Å²) in [4.78, 5) is 0. The highest BCUT2D eigenvalue weighted by Gasteiger charge is 2.50. The monoisotopic (exact) mass is 342 g/mol. The maximum atomic E-state index is 11.3. The van der Waals surface area contributed by atoms with Crippen molar-refractivity contribution in [3.63, 3.8) is 0 Å². The predicted molar refractivity (Wildman–Crippen MR) is 95.7 cm³/mol. The summed E-state index contributed by atoms with van der Waals surface area (Å²) in [5.41, 5.74) is -2.42. The van der Waals surface area contributed by atoms with E-state index >= 15 is 0 Å². The molecule has 4 nitrogen and oxygen atoms in total. The highest BCUT2D eigenvalue weighted by molar-refractivity contribution is 5.01. The van der Waals surface area contributed by atoms with Gasteiger partial charge in [-0.2, -0.15) is 0 Å². The molecule has 1 saturated heterocycles. The van der Waals surface area contributed by atoms with Gasteiger partial charge in [-0.3, -0.25) is 0 Å². The first-order valence-electron chi connectivity index (χ1n) is 9.68. The summed E-state index contributed by atoms with van der Waals surface area (Å²) in [6, 6.07) is 0. The molecule has 1 aliphatic heterocycles. The molecule has 1 saturated carbocycles. The summed E-state index contributed by atoms with van der Waals surface area (Å²) < 4.78 is 6.06. The van der Waals surface area contributed by atoms with Gasteiger partial charge in [-0.15, -0.1) is 0 Å². The van der Waals surface area contributed by atoms with Gasteiger partial charge in [-0.05, 0) is 70.6 Å². The summed E-state index contributed by atoms with van der Waals surface area (Å²) in [5.74, 6) is 1.26. The van der Waals surface area contributed by atoms with E-state index in [9.17, 15) is 15.3 Å². The number of aliphatic hydroxyl groups is 3. The van der Waals surface area contributed by atoms with Gasteiger partial charge in [0.25, 0.3) is 0 Å².